The second-order valence-electron chi connectivity index (χ2n) is 7.55. The zero-order valence-electron chi connectivity index (χ0n) is 19.4. The van der Waals surface area contributed by atoms with Crippen molar-refractivity contribution < 1.29 is 51.0 Å². The Hall–Kier alpha value is -1.53. The van der Waals surface area contributed by atoms with Crippen LogP contribution in [0.25, 0.3) is 0 Å². The first kappa shape index (κ1) is 27.7. The monoisotopic (exact) mass is 648 g/mol. The van der Waals surface area contributed by atoms with Gasteiger partial charge in [0.2, 0.25) is 0 Å². The van der Waals surface area contributed by atoms with Crippen molar-refractivity contribution in [3.63, 3.8) is 0 Å². The molecule has 1 fully saturated rings. The predicted molar refractivity (Wildman–Crippen MR) is 129 cm³/mol. The molecule has 0 atom stereocenters. The fourth-order valence-corrected chi connectivity index (χ4v) is 5.90. The van der Waals surface area contributed by atoms with Crippen LogP contribution in [0.3, 0.4) is 0 Å². The van der Waals surface area contributed by atoms with Gasteiger partial charge in [0.25, 0.3) is 0 Å². The smallest absolute Gasteiger partial charge is 0 e. The van der Waals surface area contributed by atoms with E-state index in [9.17, 15) is 13.6 Å². The maximum Gasteiger partial charge on any atom is 0 e. The minimum absolute atomic E-state index is 0. The minimum atomic E-state index is -1.21. The van der Waals surface area contributed by atoms with Gasteiger partial charge in [0, 0.05) is 32.7 Å². The maximum absolute atomic E-state index is 14.8. The number of hydrogen-bond acceptors (Lipinski definition) is 3. The molecule has 3 rings (SSSR count). The number of carbonyl (C=O) groups is 1. The Labute approximate surface area is 228 Å². The number of nitrogens with zero attached hydrogens (tertiary/aromatic N) is 5. The number of aliphatic imine (C=N–C) groups is 1. The third-order valence-electron chi connectivity index (χ3n) is 5.00. The third-order valence-corrected chi connectivity index (χ3v) is 8.15. The molecule has 177 valence electrons. The number of hydrogen-bond donors (Lipinski definition) is 0. The molecule has 2 aromatic carbocycles. The van der Waals surface area contributed by atoms with Crippen LogP contribution < -0.4 is 4.74 Å². The molecule has 1 radical (unpaired) electrons. The van der Waals surface area contributed by atoms with Crippen molar-refractivity contribution in [1.82, 2.24) is 19.6 Å². The molecule has 0 saturated carbocycles. The third kappa shape index (κ3) is 6.76. The molecule has 7 nitrogen and oxygen atoms in total. The Bertz CT molecular complexity index is 972. The molecule has 0 spiro atoms. The molecule has 0 N–H and O–H groups in total. The molecular formula is C22H28F2IN5O2Y. The summed E-state index contributed by atoms with van der Waals surface area (Å²) in [5.41, 5.74) is 0.518. The molecule has 1 heterocycles. The topological polar surface area (TPSA) is 51.6 Å². The number of ether oxygens (including phenoxy) is 1. The van der Waals surface area contributed by atoms with Gasteiger partial charge in [-0.25, -0.2) is 0 Å². The molecule has 2 amide bonds. The van der Waals surface area contributed by atoms with Crippen LogP contribution in [0, 0.1) is 18.8 Å². The molecule has 33 heavy (non-hydrogen) atoms. The summed E-state index contributed by atoms with van der Waals surface area (Å²) in [6.07, 6.45) is 0. The van der Waals surface area contributed by atoms with Gasteiger partial charge in [-0.05, 0) is 0 Å². The molecule has 1 aliphatic heterocycles. The number of benzene rings is 2. The number of amides is 2. The molecule has 0 aromatic heterocycles. The van der Waals surface area contributed by atoms with E-state index in [1.165, 1.54) is 12.1 Å². The fraction of sp³-hybridized carbons (Fsp3) is 0.364. The standard InChI is InChI=1S/C22H28F2IN5O2.Y/c1-26-21(30-13-28(3)22(31)29(4)14-30)27(2)12-15-10-18(23)20(19(24)11-15)25-16-6-8-17(32-5)9-7-16;/h6-11,25H,12-14H2,1-5H3;. The number of rotatable bonds is 5. The molecular weight excluding hydrogens is 620 g/mol. The Morgan fingerprint density at radius 2 is 1.67 bits per heavy atom. The Balaban J connectivity index is 0.00000385. The average molecular weight is 648 g/mol. The molecule has 11 heteroatoms. The van der Waals surface area contributed by atoms with Gasteiger partial charge in [-0.1, -0.05) is 0 Å². The largest absolute Gasteiger partial charge is 0 e. The summed E-state index contributed by atoms with van der Waals surface area (Å²) in [5.74, 6) is 0.298. The first-order valence-electron chi connectivity index (χ1n) is 9.92. The predicted octanol–water partition coefficient (Wildman–Crippen LogP) is 3.35. The zero-order valence-corrected chi connectivity index (χ0v) is 24.5. The van der Waals surface area contributed by atoms with Gasteiger partial charge in [0.15, 0.2) is 0 Å². The van der Waals surface area contributed by atoms with Crippen LogP contribution in [0.1, 0.15) is 5.56 Å². The number of guanidine groups is 1. The summed E-state index contributed by atoms with van der Waals surface area (Å²) >= 11 is -1.21. The van der Waals surface area contributed by atoms with Gasteiger partial charge in [0.1, 0.15) is 0 Å². The van der Waals surface area contributed by atoms with E-state index >= 15 is 0 Å². The number of urea groups is 1. The number of halogens is 3. The van der Waals surface area contributed by atoms with Gasteiger partial charge in [-0.2, -0.15) is 0 Å². The molecule has 0 aliphatic carbocycles. The second-order valence-corrected chi connectivity index (χ2v) is 10.6. The first-order chi connectivity index (χ1) is 15.2. The average Bonchev–Trinajstić information content (AvgIpc) is 2.75. The van der Waals surface area contributed by atoms with Gasteiger partial charge in [-0.15, -0.1) is 0 Å². The van der Waals surface area contributed by atoms with E-state index in [1.54, 1.807) is 50.2 Å². The Morgan fingerprint density at radius 1 is 1.12 bits per heavy atom. The van der Waals surface area contributed by atoms with Gasteiger partial charge >= 0.3 is 198 Å². The molecule has 1 aliphatic rings. The maximum atomic E-state index is 14.8. The zero-order chi connectivity index (χ0) is 23.4. The molecule has 0 unspecified atom stereocenters. The number of methoxy groups -OCH3 is 1. The minimum Gasteiger partial charge on any atom is 0 e. The summed E-state index contributed by atoms with van der Waals surface area (Å²) in [4.78, 5) is 23.3. The second kappa shape index (κ2) is 12.3. The summed E-state index contributed by atoms with van der Waals surface area (Å²) in [5, 5.41) is 0. The van der Waals surface area contributed by atoms with Crippen molar-refractivity contribution in [2.75, 3.05) is 48.6 Å². The van der Waals surface area contributed by atoms with Crippen LogP contribution in [-0.2, 0) is 39.3 Å². The SMILES string of the molecule is CN=C(N(C)Cc1cc(F)c([IH]c2ccc(OC)cc2)c(F)c1)N1CN(C)C(=O)N(C)C1.[Y]. The van der Waals surface area contributed by atoms with E-state index in [0.29, 0.717) is 30.6 Å². The van der Waals surface area contributed by atoms with Crippen molar-refractivity contribution in [3.8, 4) is 5.75 Å². The van der Waals surface area contributed by atoms with Crippen LogP contribution in [0.15, 0.2) is 41.4 Å². The number of carbonyl (C=O) groups excluding carboxylic acids is 1. The van der Waals surface area contributed by atoms with E-state index in [4.69, 9.17) is 4.74 Å². The van der Waals surface area contributed by atoms with E-state index in [1.807, 2.05) is 29.0 Å². The van der Waals surface area contributed by atoms with Gasteiger partial charge < -0.3 is 0 Å². The Morgan fingerprint density at radius 3 is 2.15 bits per heavy atom. The molecule has 0 bridgehead atoms. The van der Waals surface area contributed by atoms with Crippen LogP contribution in [0.2, 0.25) is 0 Å². The van der Waals surface area contributed by atoms with Crippen LogP contribution in [0.4, 0.5) is 13.6 Å². The summed E-state index contributed by atoms with van der Waals surface area (Å²) < 4.78 is 35.9. The van der Waals surface area contributed by atoms with Crippen molar-refractivity contribution in [2.45, 2.75) is 6.54 Å². The van der Waals surface area contributed by atoms with Crippen LogP contribution >= 0.6 is 21.2 Å². The van der Waals surface area contributed by atoms with E-state index in [2.05, 4.69) is 4.99 Å². The van der Waals surface area contributed by atoms with Crippen LogP contribution in [0.5, 0.6) is 5.75 Å². The van der Waals surface area contributed by atoms with Gasteiger partial charge in [-0.3, -0.25) is 0 Å². The van der Waals surface area contributed by atoms with E-state index in [-0.39, 0.29) is 48.9 Å². The normalized spacial score (nSPS) is 14.5. The van der Waals surface area contributed by atoms with Gasteiger partial charge in [0.05, 0.1) is 0 Å². The fourth-order valence-electron chi connectivity index (χ4n) is 3.56. The Kier molecular flexibility index (Phi) is 10.3. The van der Waals surface area contributed by atoms with E-state index < -0.39 is 32.8 Å². The van der Waals surface area contributed by atoms with Crippen molar-refractivity contribution in [2.24, 2.45) is 4.99 Å². The summed E-state index contributed by atoms with van der Waals surface area (Å²) in [6, 6.07) is 10.0. The summed E-state index contributed by atoms with van der Waals surface area (Å²) in [7, 11) is 8.49. The van der Waals surface area contributed by atoms with E-state index in [0.717, 1.165) is 3.57 Å². The van der Waals surface area contributed by atoms with Crippen molar-refractivity contribution in [3.05, 3.63) is 60.7 Å². The van der Waals surface area contributed by atoms with Crippen molar-refractivity contribution in [1.29, 1.82) is 0 Å². The summed E-state index contributed by atoms with van der Waals surface area (Å²) in [6.45, 7) is 1.05. The van der Waals surface area contributed by atoms with Crippen molar-refractivity contribution >= 4 is 33.2 Å². The molecule has 1 saturated heterocycles. The molecule has 2 aromatic rings. The quantitative estimate of drug-likeness (QED) is 0.216. The first-order valence-corrected chi connectivity index (χ1v) is 12.3. The van der Waals surface area contributed by atoms with Crippen LogP contribution in [-0.4, -0.2) is 80.2 Å².